The number of aliphatic hydroxyl groups is 1. The molecule has 92 valence electrons. The molecule has 4 nitrogen and oxygen atoms in total. The van der Waals surface area contributed by atoms with Gasteiger partial charge in [0.1, 0.15) is 4.83 Å². The van der Waals surface area contributed by atoms with Crippen molar-refractivity contribution in [1.82, 2.24) is 9.55 Å². The fourth-order valence-corrected chi connectivity index (χ4v) is 3.07. The third-order valence-corrected chi connectivity index (χ3v) is 4.09. The summed E-state index contributed by atoms with van der Waals surface area (Å²) in [6.45, 7) is 5.81. The quantitative estimate of drug-likeness (QED) is 0.907. The van der Waals surface area contributed by atoms with Crippen molar-refractivity contribution in [3.8, 4) is 0 Å². The van der Waals surface area contributed by atoms with Crippen LogP contribution in [0.3, 0.4) is 0 Å². The maximum Gasteiger partial charge on any atom is 0.262 e. The maximum atomic E-state index is 12.3. The molecule has 2 aromatic rings. The standard InChI is InChI=1S/C12H16N2O2S/c1-4-9-8(3)17-11-10(9)12(16)14(6-13-11)7(2)5-15/h6-7,15H,4-5H2,1-3H3/t7-/m0/s1. The molecule has 2 rings (SSSR count). The molecular formula is C12H16N2O2S. The van der Waals surface area contributed by atoms with Crippen LogP contribution in [-0.2, 0) is 6.42 Å². The first-order chi connectivity index (χ1) is 8.10. The molecule has 0 aliphatic heterocycles. The van der Waals surface area contributed by atoms with E-state index < -0.39 is 0 Å². The number of rotatable bonds is 3. The molecule has 0 aliphatic rings. The Morgan fingerprint density at radius 2 is 2.29 bits per heavy atom. The van der Waals surface area contributed by atoms with Crippen LogP contribution in [0, 0.1) is 6.92 Å². The van der Waals surface area contributed by atoms with Gasteiger partial charge in [0.05, 0.1) is 24.4 Å². The summed E-state index contributed by atoms with van der Waals surface area (Å²) in [5.41, 5.74) is 1.04. The van der Waals surface area contributed by atoms with Gasteiger partial charge in [0.15, 0.2) is 0 Å². The third kappa shape index (κ3) is 1.89. The Morgan fingerprint density at radius 1 is 1.59 bits per heavy atom. The minimum atomic E-state index is -0.232. The fraction of sp³-hybridized carbons (Fsp3) is 0.500. The van der Waals surface area contributed by atoms with Crippen molar-refractivity contribution in [2.24, 2.45) is 0 Å². The third-order valence-electron chi connectivity index (χ3n) is 3.03. The van der Waals surface area contributed by atoms with Gasteiger partial charge in [-0.25, -0.2) is 4.98 Å². The Hall–Kier alpha value is -1.20. The molecule has 2 aromatic heterocycles. The van der Waals surface area contributed by atoms with Crippen molar-refractivity contribution in [2.45, 2.75) is 33.2 Å². The Bertz CT molecular complexity index is 600. The van der Waals surface area contributed by atoms with E-state index in [0.717, 1.165) is 27.1 Å². The Kier molecular flexibility index (Phi) is 3.31. The van der Waals surface area contributed by atoms with Crippen LogP contribution < -0.4 is 5.56 Å². The minimum Gasteiger partial charge on any atom is -0.394 e. The van der Waals surface area contributed by atoms with E-state index in [0.29, 0.717) is 0 Å². The normalized spacial score (nSPS) is 13.2. The van der Waals surface area contributed by atoms with Crippen molar-refractivity contribution >= 4 is 21.6 Å². The molecule has 0 fully saturated rings. The summed E-state index contributed by atoms with van der Waals surface area (Å²) in [5.74, 6) is 0. The van der Waals surface area contributed by atoms with Crippen LogP contribution in [0.2, 0.25) is 0 Å². The van der Waals surface area contributed by atoms with Crippen LogP contribution in [0.4, 0.5) is 0 Å². The summed E-state index contributed by atoms with van der Waals surface area (Å²) in [6.07, 6.45) is 2.36. The predicted molar refractivity (Wildman–Crippen MR) is 69.8 cm³/mol. The summed E-state index contributed by atoms with van der Waals surface area (Å²) in [4.78, 5) is 18.6. The first-order valence-electron chi connectivity index (χ1n) is 5.70. The summed E-state index contributed by atoms with van der Waals surface area (Å²) < 4.78 is 1.51. The molecule has 0 saturated carbocycles. The van der Waals surface area contributed by atoms with Gasteiger partial charge >= 0.3 is 0 Å². The van der Waals surface area contributed by atoms with Crippen LogP contribution >= 0.6 is 11.3 Å². The van der Waals surface area contributed by atoms with Crippen LogP contribution in [0.15, 0.2) is 11.1 Å². The van der Waals surface area contributed by atoms with E-state index in [1.165, 1.54) is 10.9 Å². The first kappa shape index (κ1) is 12.3. The molecule has 0 amide bonds. The lowest BCUT2D eigenvalue weighted by Crippen LogP contribution is -2.25. The lowest BCUT2D eigenvalue weighted by molar-refractivity contribution is 0.236. The van der Waals surface area contributed by atoms with Crippen molar-refractivity contribution in [1.29, 1.82) is 0 Å². The number of aromatic nitrogens is 2. The molecule has 0 aliphatic carbocycles. The van der Waals surface area contributed by atoms with Crippen molar-refractivity contribution in [3.05, 3.63) is 27.1 Å². The molecule has 0 radical (unpaired) electrons. The van der Waals surface area contributed by atoms with Gasteiger partial charge in [-0.15, -0.1) is 11.3 Å². The fourth-order valence-electron chi connectivity index (χ4n) is 2.00. The van der Waals surface area contributed by atoms with Gasteiger partial charge in [-0.05, 0) is 25.8 Å². The molecule has 0 bridgehead atoms. The number of fused-ring (bicyclic) bond motifs is 1. The second kappa shape index (κ2) is 4.58. The van der Waals surface area contributed by atoms with E-state index in [2.05, 4.69) is 4.98 Å². The van der Waals surface area contributed by atoms with Gasteiger partial charge in [0.2, 0.25) is 0 Å². The molecule has 1 atom stereocenters. The molecule has 0 saturated heterocycles. The van der Waals surface area contributed by atoms with E-state index in [1.54, 1.807) is 18.3 Å². The average Bonchev–Trinajstić information content (AvgIpc) is 2.65. The Balaban J connectivity index is 2.78. The molecule has 0 unspecified atom stereocenters. The van der Waals surface area contributed by atoms with Gasteiger partial charge in [0, 0.05) is 4.88 Å². The molecule has 1 N–H and O–H groups in total. The zero-order valence-corrected chi connectivity index (χ0v) is 11.0. The smallest absolute Gasteiger partial charge is 0.262 e. The summed E-state index contributed by atoms with van der Waals surface area (Å²) in [6, 6.07) is -0.232. The highest BCUT2D eigenvalue weighted by Gasteiger charge is 2.15. The number of aryl methyl sites for hydroxylation is 2. The highest BCUT2D eigenvalue weighted by Crippen LogP contribution is 2.27. The molecule has 0 aromatic carbocycles. The zero-order chi connectivity index (χ0) is 12.6. The highest BCUT2D eigenvalue weighted by atomic mass is 32.1. The van der Waals surface area contributed by atoms with Crippen molar-refractivity contribution < 1.29 is 5.11 Å². The van der Waals surface area contributed by atoms with Gasteiger partial charge in [0.25, 0.3) is 5.56 Å². The van der Waals surface area contributed by atoms with Crippen LogP contribution in [0.5, 0.6) is 0 Å². The number of hydrogen-bond acceptors (Lipinski definition) is 4. The predicted octanol–water partition coefficient (Wildman–Crippen LogP) is 1.88. The van der Waals surface area contributed by atoms with Crippen molar-refractivity contribution in [2.75, 3.05) is 6.61 Å². The Morgan fingerprint density at radius 3 is 2.88 bits per heavy atom. The molecule has 17 heavy (non-hydrogen) atoms. The number of thiophene rings is 1. The van der Waals surface area contributed by atoms with Gasteiger partial charge in [-0.2, -0.15) is 0 Å². The summed E-state index contributed by atoms with van der Waals surface area (Å²) >= 11 is 1.56. The van der Waals surface area contributed by atoms with E-state index in [4.69, 9.17) is 5.11 Å². The SMILES string of the molecule is CCc1c(C)sc2ncn([C@@H](C)CO)c(=O)c12. The van der Waals surface area contributed by atoms with E-state index >= 15 is 0 Å². The topological polar surface area (TPSA) is 55.1 Å². The van der Waals surface area contributed by atoms with Gasteiger partial charge < -0.3 is 5.11 Å². The average molecular weight is 252 g/mol. The number of nitrogens with zero attached hydrogens (tertiary/aromatic N) is 2. The van der Waals surface area contributed by atoms with E-state index in [9.17, 15) is 4.79 Å². The number of hydrogen-bond donors (Lipinski definition) is 1. The summed E-state index contributed by atoms with van der Waals surface area (Å²) in [7, 11) is 0. The maximum absolute atomic E-state index is 12.3. The molecular weight excluding hydrogens is 236 g/mol. The van der Waals surface area contributed by atoms with Crippen molar-refractivity contribution in [3.63, 3.8) is 0 Å². The largest absolute Gasteiger partial charge is 0.394 e. The van der Waals surface area contributed by atoms with Crippen LogP contribution in [-0.4, -0.2) is 21.3 Å². The number of aliphatic hydroxyl groups excluding tert-OH is 1. The lowest BCUT2D eigenvalue weighted by atomic mass is 10.1. The van der Waals surface area contributed by atoms with E-state index in [-0.39, 0.29) is 18.2 Å². The minimum absolute atomic E-state index is 0.0437. The molecule has 0 spiro atoms. The Labute approximate surface area is 104 Å². The lowest BCUT2D eigenvalue weighted by Gasteiger charge is -2.11. The van der Waals surface area contributed by atoms with Gasteiger partial charge in [-0.3, -0.25) is 9.36 Å². The monoisotopic (exact) mass is 252 g/mol. The molecule has 5 heteroatoms. The second-order valence-corrected chi connectivity index (χ2v) is 5.36. The van der Waals surface area contributed by atoms with Gasteiger partial charge in [-0.1, -0.05) is 6.92 Å². The summed E-state index contributed by atoms with van der Waals surface area (Å²) in [5, 5.41) is 9.85. The van der Waals surface area contributed by atoms with E-state index in [1.807, 2.05) is 13.8 Å². The van der Waals surface area contributed by atoms with Crippen LogP contribution in [0.25, 0.3) is 10.2 Å². The first-order valence-corrected chi connectivity index (χ1v) is 6.51. The van der Waals surface area contributed by atoms with Crippen LogP contribution in [0.1, 0.15) is 30.3 Å². The highest BCUT2D eigenvalue weighted by molar-refractivity contribution is 7.18. The second-order valence-electron chi connectivity index (χ2n) is 4.16. The zero-order valence-electron chi connectivity index (χ0n) is 10.2. The molecule has 2 heterocycles.